The average Bonchev–Trinajstić information content (AvgIpc) is 2.70. The minimum Gasteiger partial charge on any atom is -0.319 e. The SMILES string of the molecule is COC(Nc1cc(C(F)(F)F)cc(C(F)(F)F)c1)(Nc1cc(C(F)(F)F)cc(C(F)(F)F)c1)OC. The van der Waals surface area contributed by atoms with Gasteiger partial charge in [0.25, 0.3) is 0 Å². The van der Waals surface area contributed by atoms with Gasteiger partial charge in [0.05, 0.1) is 22.3 Å². The third-order valence-electron chi connectivity index (χ3n) is 4.37. The topological polar surface area (TPSA) is 42.5 Å². The first-order chi connectivity index (χ1) is 15.7. The van der Waals surface area contributed by atoms with Crippen LogP contribution < -0.4 is 10.6 Å². The van der Waals surface area contributed by atoms with E-state index >= 15 is 0 Å². The number of methoxy groups -OCH3 is 2. The van der Waals surface area contributed by atoms with Crippen LogP contribution in [0.2, 0.25) is 0 Å². The standard InChI is InChI=1S/C19H14F12N2O2/c1-34-19(35-2,32-13-5-9(15(20,21)22)3-10(6-13)16(23,24)25)33-14-7-11(17(26,27)28)4-12(8-14)18(29,30)31/h3-8,32-33H,1-2H3. The molecule has 0 fully saturated rings. The van der Waals surface area contributed by atoms with Gasteiger partial charge in [-0.2, -0.15) is 52.7 Å². The van der Waals surface area contributed by atoms with Gasteiger partial charge < -0.3 is 20.1 Å². The third kappa shape index (κ3) is 7.06. The number of nitrogens with one attached hydrogen (secondary N) is 2. The van der Waals surface area contributed by atoms with E-state index in [1.165, 1.54) is 0 Å². The van der Waals surface area contributed by atoms with Gasteiger partial charge in [-0.15, -0.1) is 0 Å². The predicted molar refractivity (Wildman–Crippen MR) is 96.9 cm³/mol. The van der Waals surface area contributed by atoms with E-state index in [2.05, 4.69) is 0 Å². The molecular weight excluding hydrogens is 516 g/mol. The van der Waals surface area contributed by atoms with E-state index in [1.807, 2.05) is 10.6 Å². The number of alkyl halides is 12. The zero-order valence-corrected chi connectivity index (χ0v) is 17.3. The first-order valence-corrected chi connectivity index (χ1v) is 8.96. The van der Waals surface area contributed by atoms with Crippen LogP contribution in [0.1, 0.15) is 22.3 Å². The molecule has 2 aromatic rings. The number of halogens is 12. The quantitative estimate of drug-likeness (QED) is 0.307. The number of ether oxygens (including phenoxy) is 2. The van der Waals surface area contributed by atoms with Crippen LogP contribution in [0.5, 0.6) is 0 Å². The molecule has 0 saturated carbocycles. The number of hydrogen-bond donors (Lipinski definition) is 2. The molecule has 0 atom stereocenters. The van der Waals surface area contributed by atoms with Crippen LogP contribution in [0.15, 0.2) is 36.4 Å². The molecule has 0 bridgehead atoms. The Balaban J connectivity index is 2.59. The van der Waals surface area contributed by atoms with Crippen LogP contribution in [0.25, 0.3) is 0 Å². The lowest BCUT2D eigenvalue weighted by Crippen LogP contribution is -2.50. The molecule has 0 aromatic heterocycles. The van der Waals surface area contributed by atoms with E-state index in [9.17, 15) is 52.7 Å². The van der Waals surface area contributed by atoms with Crippen molar-refractivity contribution in [2.75, 3.05) is 24.9 Å². The Morgan fingerprint density at radius 2 is 0.686 bits per heavy atom. The second kappa shape index (κ2) is 9.29. The Kier molecular flexibility index (Phi) is 7.53. The van der Waals surface area contributed by atoms with E-state index in [-0.39, 0.29) is 36.4 Å². The van der Waals surface area contributed by atoms with Crippen molar-refractivity contribution >= 4 is 11.4 Å². The maximum Gasteiger partial charge on any atom is 0.416 e. The van der Waals surface area contributed by atoms with Crippen LogP contribution in [0, 0.1) is 0 Å². The van der Waals surface area contributed by atoms with Crippen LogP contribution >= 0.6 is 0 Å². The Labute approximate surface area is 188 Å². The maximum absolute atomic E-state index is 13.1. The van der Waals surface area contributed by atoms with Crippen molar-refractivity contribution in [1.29, 1.82) is 0 Å². The zero-order valence-electron chi connectivity index (χ0n) is 17.3. The number of rotatable bonds is 6. The second-order valence-corrected chi connectivity index (χ2v) is 6.86. The van der Waals surface area contributed by atoms with Gasteiger partial charge in [-0.3, -0.25) is 0 Å². The Hall–Kier alpha value is -2.88. The monoisotopic (exact) mass is 530 g/mol. The lowest BCUT2D eigenvalue weighted by molar-refractivity contribution is -0.164. The minimum absolute atomic E-state index is 0.192. The van der Waals surface area contributed by atoms with Crippen molar-refractivity contribution in [3.63, 3.8) is 0 Å². The molecule has 0 aliphatic carbocycles. The van der Waals surface area contributed by atoms with Crippen molar-refractivity contribution in [3.05, 3.63) is 58.7 Å². The van der Waals surface area contributed by atoms with Gasteiger partial charge in [0.2, 0.25) is 0 Å². The van der Waals surface area contributed by atoms with Gasteiger partial charge in [-0.05, 0) is 36.4 Å². The summed E-state index contributed by atoms with van der Waals surface area (Å²) in [5.41, 5.74) is -8.90. The highest BCUT2D eigenvalue weighted by Gasteiger charge is 2.40. The molecule has 35 heavy (non-hydrogen) atoms. The van der Waals surface area contributed by atoms with Crippen molar-refractivity contribution in [2.24, 2.45) is 0 Å². The van der Waals surface area contributed by atoms with Crippen molar-refractivity contribution in [3.8, 4) is 0 Å². The Bertz CT molecular complexity index is 894. The highest BCUT2D eigenvalue weighted by molar-refractivity contribution is 5.56. The van der Waals surface area contributed by atoms with E-state index in [0.717, 1.165) is 14.2 Å². The molecule has 0 aliphatic heterocycles. The molecule has 0 saturated heterocycles. The fourth-order valence-corrected chi connectivity index (χ4v) is 2.75. The normalized spacial score (nSPS) is 13.7. The molecule has 196 valence electrons. The first-order valence-electron chi connectivity index (χ1n) is 8.96. The highest BCUT2D eigenvalue weighted by atomic mass is 19.4. The van der Waals surface area contributed by atoms with E-state index in [0.29, 0.717) is 0 Å². The van der Waals surface area contributed by atoms with E-state index in [1.54, 1.807) is 0 Å². The molecule has 2 rings (SSSR count). The zero-order chi connectivity index (χ0) is 27.0. The third-order valence-corrected chi connectivity index (χ3v) is 4.37. The molecule has 16 heteroatoms. The fraction of sp³-hybridized carbons (Fsp3) is 0.368. The summed E-state index contributed by atoms with van der Waals surface area (Å²) in [6.45, 7) is 0. The lowest BCUT2D eigenvalue weighted by Gasteiger charge is -2.34. The van der Waals surface area contributed by atoms with Crippen LogP contribution in [0.3, 0.4) is 0 Å². The van der Waals surface area contributed by atoms with Crippen LogP contribution in [-0.4, -0.2) is 20.3 Å². The molecule has 0 amide bonds. The predicted octanol–water partition coefficient (Wildman–Crippen LogP) is 7.19. The minimum atomic E-state index is -5.24. The molecule has 2 N–H and O–H groups in total. The van der Waals surface area contributed by atoms with Crippen LogP contribution in [0.4, 0.5) is 64.1 Å². The molecule has 0 radical (unpaired) electrons. The van der Waals surface area contributed by atoms with E-state index < -0.39 is 64.4 Å². The molecule has 2 aromatic carbocycles. The molecule has 0 aliphatic rings. The molecular formula is C19H14F12N2O2. The Morgan fingerprint density at radius 3 is 0.857 bits per heavy atom. The first kappa shape index (κ1) is 28.4. The van der Waals surface area contributed by atoms with Gasteiger partial charge in [-0.1, -0.05) is 0 Å². The van der Waals surface area contributed by atoms with E-state index in [4.69, 9.17) is 9.47 Å². The van der Waals surface area contributed by atoms with Crippen molar-refractivity contribution in [2.45, 2.75) is 30.7 Å². The number of hydrogen-bond acceptors (Lipinski definition) is 4. The fourth-order valence-electron chi connectivity index (χ4n) is 2.75. The molecule has 0 spiro atoms. The second-order valence-electron chi connectivity index (χ2n) is 6.86. The maximum atomic E-state index is 13.1. The number of benzene rings is 2. The van der Waals surface area contributed by atoms with Gasteiger partial charge in [0.1, 0.15) is 0 Å². The Morgan fingerprint density at radius 1 is 0.457 bits per heavy atom. The van der Waals surface area contributed by atoms with Crippen molar-refractivity contribution < 1.29 is 62.2 Å². The summed E-state index contributed by atoms with van der Waals surface area (Å²) < 4.78 is 167. The lowest BCUT2D eigenvalue weighted by atomic mass is 10.1. The summed E-state index contributed by atoms with van der Waals surface area (Å²) in [6.07, 6.45) is -21.0. The average molecular weight is 530 g/mol. The summed E-state index contributed by atoms with van der Waals surface area (Å²) in [5, 5.41) is 3.93. The van der Waals surface area contributed by atoms with Gasteiger partial charge in [0.15, 0.2) is 0 Å². The van der Waals surface area contributed by atoms with Gasteiger partial charge in [0, 0.05) is 25.6 Å². The van der Waals surface area contributed by atoms with Crippen molar-refractivity contribution in [1.82, 2.24) is 0 Å². The smallest absolute Gasteiger partial charge is 0.319 e. The molecule has 0 unspecified atom stereocenters. The summed E-state index contributed by atoms with van der Waals surface area (Å²) in [5.74, 6) is 0. The highest BCUT2D eigenvalue weighted by Crippen LogP contribution is 2.40. The van der Waals surface area contributed by atoms with Gasteiger partial charge in [-0.25, -0.2) is 0 Å². The van der Waals surface area contributed by atoms with Gasteiger partial charge >= 0.3 is 30.7 Å². The molecule has 0 heterocycles. The molecule has 4 nitrogen and oxygen atoms in total. The summed E-state index contributed by atoms with van der Waals surface area (Å²) in [4.78, 5) is 0. The number of anilines is 2. The largest absolute Gasteiger partial charge is 0.416 e. The summed E-state index contributed by atoms with van der Waals surface area (Å²) in [6, 6.07) is -2.27. The van der Waals surface area contributed by atoms with Crippen LogP contribution in [-0.2, 0) is 34.2 Å². The summed E-state index contributed by atoms with van der Waals surface area (Å²) in [7, 11) is 1.53. The summed E-state index contributed by atoms with van der Waals surface area (Å²) >= 11 is 0.